The fraction of sp³-hybridized carbons (Fsp3) is 0.391. The van der Waals surface area contributed by atoms with Crippen LogP contribution in [0.1, 0.15) is 34.3 Å². The van der Waals surface area contributed by atoms with Crippen LogP contribution in [-0.4, -0.2) is 61.6 Å². The van der Waals surface area contributed by atoms with Gasteiger partial charge in [0.15, 0.2) is 0 Å². The minimum atomic E-state index is -3.23. The van der Waals surface area contributed by atoms with Gasteiger partial charge in [0.2, 0.25) is 5.95 Å². The van der Waals surface area contributed by atoms with Crippen LogP contribution in [-0.2, 0) is 16.4 Å². The summed E-state index contributed by atoms with van der Waals surface area (Å²) in [7, 11) is -3.23. The standard InChI is InChI=1S/C23H26N6O4S2/c1-35(32,33)10-8-26-21(30)18-14-34-20-19(18)27-23(28-9-4-7-17(25)13-28)29(22(20)31)12-16-6-3-2-5-15(16)11-24/h2-3,5-6,14,17H,4,7-10,12-13,25H2,1H3,(H,26,30)/t17-/m1/s1. The second kappa shape index (κ2) is 10.2. The lowest BCUT2D eigenvalue weighted by atomic mass is 10.1. The summed E-state index contributed by atoms with van der Waals surface area (Å²) in [5.41, 5.74) is 7.55. The molecule has 4 rings (SSSR count). The predicted molar refractivity (Wildman–Crippen MR) is 136 cm³/mol. The molecule has 35 heavy (non-hydrogen) atoms. The zero-order valence-corrected chi connectivity index (χ0v) is 20.9. The number of aromatic nitrogens is 2. The van der Waals surface area contributed by atoms with Crippen LogP contribution in [0.5, 0.6) is 0 Å². The molecule has 10 nitrogen and oxygen atoms in total. The van der Waals surface area contributed by atoms with Gasteiger partial charge in [-0.05, 0) is 24.5 Å². The number of thiophene rings is 1. The first-order valence-electron chi connectivity index (χ1n) is 11.1. The van der Waals surface area contributed by atoms with Gasteiger partial charge < -0.3 is 16.0 Å². The number of rotatable bonds is 7. The number of hydrogen-bond donors (Lipinski definition) is 2. The largest absolute Gasteiger partial charge is 0.351 e. The number of nitrogens with zero attached hydrogens (tertiary/aromatic N) is 4. The van der Waals surface area contributed by atoms with Gasteiger partial charge in [0.05, 0.1) is 29.5 Å². The fourth-order valence-corrected chi connectivity index (χ4v) is 5.51. The number of piperidine rings is 1. The number of amides is 1. The number of hydrogen-bond acceptors (Lipinski definition) is 9. The van der Waals surface area contributed by atoms with Gasteiger partial charge in [-0.2, -0.15) is 5.26 Å². The Morgan fingerprint density at radius 3 is 2.86 bits per heavy atom. The van der Waals surface area contributed by atoms with E-state index in [1.807, 2.05) is 11.0 Å². The Kier molecular flexibility index (Phi) is 7.20. The molecule has 3 N–H and O–H groups in total. The molecular formula is C23H26N6O4S2. The van der Waals surface area contributed by atoms with Crippen molar-refractivity contribution in [2.24, 2.45) is 5.73 Å². The molecule has 12 heteroatoms. The van der Waals surface area contributed by atoms with E-state index in [1.54, 1.807) is 28.1 Å². The van der Waals surface area contributed by atoms with Crippen molar-refractivity contribution in [1.82, 2.24) is 14.9 Å². The molecule has 184 valence electrons. The first-order chi connectivity index (χ1) is 16.7. The highest BCUT2D eigenvalue weighted by molar-refractivity contribution is 7.90. The van der Waals surface area contributed by atoms with Crippen LogP contribution in [0.2, 0.25) is 0 Å². The number of sulfone groups is 1. The number of carbonyl (C=O) groups excluding carboxylic acids is 1. The Bertz CT molecular complexity index is 1470. The molecule has 2 aromatic heterocycles. The van der Waals surface area contributed by atoms with Crippen molar-refractivity contribution in [2.75, 3.05) is 36.5 Å². The van der Waals surface area contributed by atoms with Crippen LogP contribution >= 0.6 is 11.3 Å². The maximum absolute atomic E-state index is 13.6. The molecule has 0 radical (unpaired) electrons. The summed E-state index contributed by atoms with van der Waals surface area (Å²) in [5.74, 6) is -0.273. The van der Waals surface area contributed by atoms with E-state index < -0.39 is 15.7 Å². The molecular weight excluding hydrogens is 488 g/mol. The van der Waals surface area contributed by atoms with Crippen LogP contribution in [0.3, 0.4) is 0 Å². The van der Waals surface area contributed by atoms with Gasteiger partial charge in [-0.1, -0.05) is 18.2 Å². The molecule has 1 atom stereocenters. The molecule has 0 spiro atoms. The van der Waals surface area contributed by atoms with Gasteiger partial charge in [0, 0.05) is 37.3 Å². The zero-order chi connectivity index (χ0) is 25.2. The number of benzene rings is 1. The predicted octanol–water partition coefficient (Wildman–Crippen LogP) is 1.08. The topological polar surface area (TPSA) is 151 Å². The Morgan fingerprint density at radius 1 is 1.37 bits per heavy atom. The molecule has 1 amide bonds. The summed E-state index contributed by atoms with van der Waals surface area (Å²) in [4.78, 5) is 33.2. The molecule has 1 aromatic carbocycles. The average molecular weight is 515 g/mol. The number of nitriles is 1. The van der Waals surface area contributed by atoms with Crippen molar-refractivity contribution in [2.45, 2.75) is 25.4 Å². The number of anilines is 1. The molecule has 0 unspecified atom stereocenters. The Balaban J connectivity index is 1.79. The molecule has 0 aliphatic carbocycles. The van der Waals surface area contributed by atoms with E-state index in [9.17, 15) is 23.3 Å². The summed E-state index contributed by atoms with van der Waals surface area (Å²) >= 11 is 1.12. The highest BCUT2D eigenvalue weighted by atomic mass is 32.2. The molecule has 1 saturated heterocycles. The van der Waals surface area contributed by atoms with E-state index in [0.717, 1.165) is 30.4 Å². The third kappa shape index (κ3) is 5.53. The average Bonchev–Trinajstić information content (AvgIpc) is 3.24. The second-order valence-corrected chi connectivity index (χ2v) is 11.8. The Labute approximate surface area is 206 Å². The van der Waals surface area contributed by atoms with Crippen molar-refractivity contribution in [1.29, 1.82) is 5.26 Å². The van der Waals surface area contributed by atoms with Crippen LogP contribution in [0, 0.1) is 11.3 Å². The monoisotopic (exact) mass is 514 g/mol. The molecule has 3 heterocycles. The Hall–Kier alpha value is -3.27. The molecule has 0 bridgehead atoms. The van der Waals surface area contributed by atoms with Crippen LogP contribution in [0.15, 0.2) is 34.4 Å². The van der Waals surface area contributed by atoms with E-state index in [0.29, 0.717) is 34.9 Å². The fourth-order valence-electron chi connectivity index (χ4n) is 4.11. The minimum Gasteiger partial charge on any atom is -0.351 e. The highest BCUT2D eigenvalue weighted by Gasteiger charge is 2.25. The van der Waals surface area contributed by atoms with Crippen molar-refractivity contribution in [3.05, 3.63) is 56.7 Å². The highest BCUT2D eigenvalue weighted by Crippen LogP contribution is 2.26. The van der Waals surface area contributed by atoms with Crippen LogP contribution < -0.4 is 21.5 Å². The lowest BCUT2D eigenvalue weighted by Crippen LogP contribution is -2.45. The van der Waals surface area contributed by atoms with Crippen molar-refractivity contribution >= 4 is 43.2 Å². The number of nitrogens with two attached hydrogens (primary N) is 1. The summed E-state index contributed by atoms with van der Waals surface area (Å²) in [6, 6.07) is 9.18. The quantitative estimate of drug-likeness (QED) is 0.475. The molecule has 1 aliphatic heterocycles. The van der Waals surface area contributed by atoms with Crippen molar-refractivity contribution in [3.63, 3.8) is 0 Å². The molecule has 1 fully saturated rings. The zero-order valence-electron chi connectivity index (χ0n) is 19.2. The molecule has 0 saturated carbocycles. The van der Waals surface area contributed by atoms with Crippen molar-refractivity contribution < 1.29 is 13.2 Å². The maximum atomic E-state index is 13.6. The van der Waals surface area contributed by atoms with Gasteiger partial charge in [-0.25, -0.2) is 13.4 Å². The lowest BCUT2D eigenvalue weighted by molar-refractivity contribution is 0.0958. The van der Waals surface area contributed by atoms with E-state index in [4.69, 9.17) is 10.7 Å². The van der Waals surface area contributed by atoms with Gasteiger partial charge in [-0.15, -0.1) is 11.3 Å². The van der Waals surface area contributed by atoms with Gasteiger partial charge >= 0.3 is 0 Å². The summed E-state index contributed by atoms with van der Waals surface area (Å²) in [6.45, 7) is 1.29. The second-order valence-electron chi connectivity index (χ2n) is 8.63. The smallest absolute Gasteiger partial charge is 0.273 e. The lowest BCUT2D eigenvalue weighted by Gasteiger charge is -2.33. The van der Waals surface area contributed by atoms with Gasteiger partial charge in [0.1, 0.15) is 20.1 Å². The van der Waals surface area contributed by atoms with Crippen LogP contribution in [0.4, 0.5) is 5.95 Å². The number of nitrogens with one attached hydrogen (secondary N) is 1. The third-order valence-electron chi connectivity index (χ3n) is 5.87. The van der Waals surface area contributed by atoms with E-state index in [1.165, 1.54) is 0 Å². The van der Waals surface area contributed by atoms with E-state index in [2.05, 4.69) is 11.4 Å². The first-order valence-corrected chi connectivity index (χ1v) is 14.1. The normalized spacial score (nSPS) is 16.3. The number of fused-ring (bicyclic) bond motifs is 1. The summed E-state index contributed by atoms with van der Waals surface area (Å²) < 4.78 is 24.6. The SMILES string of the molecule is CS(=O)(=O)CCNC(=O)c1csc2c(=O)n(Cc3ccccc3C#N)c(N3CCC[C@@H](N)C3)nc12. The van der Waals surface area contributed by atoms with Crippen molar-refractivity contribution in [3.8, 4) is 6.07 Å². The third-order valence-corrected chi connectivity index (χ3v) is 7.77. The van der Waals surface area contributed by atoms with Gasteiger partial charge in [-0.3, -0.25) is 14.2 Å². The molecule has 3 aromatic rings. The Morgan fingerprint density at radius 2 is 2.14 bits per heavy atom. The maximum Gasteiger partial charge on any atom is 0.273 e. The van der Waals surface area contributed by atoms with E-state index in [-0.39, 0.29) is 41.5 Å². The summed E-state index contributed by atoms with van der Waals surface area (Å²) in [5, 5.41) is 13.7. The van der Waals surface area contributed by atoms with E-state index >= 15 is 0 Å². The van der Waals surface area contributed by atoms with Crippen LogP contribution in [0.25, 0.3) is 10.2 Å². The molecule has 1 aliphatic rings. The number of carbonyl (C=O) groups is 1. The first kappa shape index (κ1) is 24.8. The minimum absolute atomic E-state index is 0.0369. The summed E-state index contributed by atoms with van der Waals surface area (Å²) in [6.07, 6.45) is 2.81. The van der Waals surface area contributed by atoms with Gasteiger partial charge in [0.25, 0.3) is 11.5 Å².